The van der Waals surface area contributed by atoms with E-state index >= 15 is 0 Å². The molecule has 3 aromatic heterocycles. The van der Waals surface area contributed by atoms with Crippen molar-refractivity contribution in [3.8, 4) is 10.8 Å². The molecular formula is C12H11N5O2S. The molecule has 0 aliphatic carbocycles. The van der Waals surface area contributed by atoms with E-state index in [4.69, 9.17) is 4.42 Å². The molecule has 0 aliphatic rings. The van der Waals surface area contributed by atoms with Gasteiger partial charge in [-0.3, -0.25) is 10.1 Å². The fourth-order valence-electron chi connectivity index (χ4n) is 1.69. The molecule has 0 aliphatic heterocycles. The van der Waals surface area contributed by atoms with Crippen molar-refractivity contribution >= 4 is 23.2 Å². The number of rotatable bonds is 4. The first-order valence-corrected chi connectivity index (χ1v) is 6.76. The quantitative estimate of drug-likeness (QED) is 0.765. The van der Waals surface area contributed by atoms with E-state index in [-0.39, 0.29) is 12.3 Å². The number of amides is 1. The van der Waals surface area contributed by atoms with E-state index in [1.807, 2.05) is 17.5 Å². The fraction of sp³-hybridized carbons (Fsp3) is 0.167. The second-order valence-corrected chi connectivity index (χ2v) is 5.01. The van der Waals surface area contributed by atoms with Crippen LogP contribution in [0.1, 0.15) is 11.5 Å². The molecule has 0 bridgehead atoms. The Morgan fingerprint density at radius 2 is 2.45 bits per heavy atom. The molecule has 0 saturated carbocycles. The lowest BCUT2D eigenvalue weighted by atomic mass is 10.2. The lowest BCUT2D eigenvalue weighted by Gasteiger charge is -1.98. The number of nitrogens with one attached hydrogen (secondary N) is 2. The molecule has 2 N–H and O–H groups in total. The normalized spacial score (nSPS) is 10.7. The first kappa shape index (κ1) is 12.5. The van der Waals surface area contributed by atoms with Crippen molar-refractivity contribution in [3.63, 3.8) is 0 Å². The smallest absolute Gasteiger partial charge is 0.236 e. The van der Waals surface area contributed by atoms with Crippen molar-refractivity contribution in [1.29, 1.82) is 0 Å². The van der Waals surface area contributed by atoms with Crippen LogP contribution in [0.2, 0.25) is 0 Å². The van der Waals surface area contributed by atoms with E-state index in [0.717, 1.165) is 4.88 Å². The van der Waals surface area contributed by atoms with E-state index in [1.165, 1.54) is 6.33 Å². The molecule has 0 unspecified atom stereocenters. The maximum atomic E-state index is 11.8. The highest BCUT2D eigenvalue weighted by Gasteiger charge is 2.15. The van der Waals surface area contributed by atoms with Crippen LogP contribution in [-0.4, -0.2) is 26.1 Å². The van der Waals surface area contributed by atoms with Gasteiger partial charge < -0.3 is 4.42 Å². The summed E-state index contributed by atoms with van der Waals surface area (Å²) < 4.78 is 5.58. The van der Waals surface area contributed by atoms with Gasteiger partial charge in [0, 0.05) is 0 Å². The number of anilines is 1. The summed E-state index contributed by atoms with van der Waals surface area (Å²) in [6.45, 7) is 1.79. The Bertz CT molecular complexity index is 702. The van der Waals surface area contributed by atoms with Crippen LogP contribution >= 0.6 is 11.3 Å². The predicted octanol–water partition coefficient (Wildman–Crippen LogP) is 2.01. The zero-order valence-corrected chi connectivity index (χ0v) is 11.4. The van der Waals surface area contributed by atoms with E-state index in [0.29, 0.717) is 23.3 Å². The molecule has 0 aromatic carbocycles. The maximum absolute atomic E-state index is 11.8. The summed E-state index contributed by atoms with van der Waals surface area (Å²) in [5.41, 5.74) is 0.616. The van der Waals surface area contributed by atoms with Gasteiger partial charge in [0.25, 0.3) is 0 Å². The number of thiophene rings is 1. The van der Waals surface area contributed by atoms with Gasteiger partial charge in [-0.1, -0.05) is 6.07 Å². The van der Waals surface area contributed by atoms with Crippen LogP contribution in [0, 0.1) is 6.92 Å². The van der Waals surface area contributed by atoms with Crippen LogP contribution < -0.4 is 5.32 Å². The topological polar surface area (TPSA) is 96.7 Å². The van der Waals surface area contributed by atoms with Gasteiger partial charge in [-0.15, -0.1) is 11.3 Å². The molecule has 102 valence electrons. The number of oxazole rings is 1. The Kier molecular flexibility index (Phi) is 3.30. The Hall–Kier alpha value is -2.48. The number of hydrogen-bond donors (Lipinski definition) is 2. The Balaban J connectivity index is 1.73. The highest BCUT2D eigenvalue weighted by Crippen LogP contribution is 2.26. The van der Waals surface area contributed by atoms with Crippen LogP contribution in [0.15, 0.2) is 28.3 Å². The largest absolute Gasteiger partial charge is 0.440 e. The van der Waals surface area contributed by atoms with E-state index < -0.39 is 0 Å². The summed E-state index contributed by atoms with van der Waals surface area (Å²) in [6.07, 6.45) is 1.45. The summed E-state index contributed by atoms with van der Waals surface area (Å²) in [7, 11) is 0. The third kappa shape index (κ3) is 2.59. The van der Waals surface area contributed by atoms with Gasteiger partial charge in [0.15, 0.2) is 0 Å². The van der Waals surface area contributed by atoms with Crippen molar-refractivity contribution in [3.05, 3.63) is 35.3 Å². The van der Waals surface area contributed by atoms with Crippen molar-refractivity contribution in [1.82, 2.24) is 20.2 Å². The highest BCUT2D eigenvalue weighted by atomic mass is 32.1. The third-order valence-electron chi connectivity index (χ3n) is 2.63. The van der Waals surface area contributed by atoms with E-state index in [9.17, 15) is 4.79 Å². The predicted molar refractivity (Wildman–Crippen MR) is 73.3 cm³/mol. The molecule has 3 aromatic rings. The van der Waals surface area contributed by atoms with Crippen LogP contribution in [0.4, 0.5) is 5.95 Å². The van der Waals surface area contributed by atoms with Crippen LogP contribution in [0.5, 0.6) is 0 Å². The van der Waals surface area contributed by atoms with Gasteiger partial charge in [-0.25, -0.2) is 10.1 Å². The minimum Gasteiger partial charge on any atom is -0.440 e. The Labute approximate surface area is 118 Å². The summed E-state index contributed by atoms with van der Waals surface area (Å²) in [4.78, 5) is 21.0. The summed E-state index contributed by atoms with van der Waals surface area (Å²) in [5.74, 6) is 1.27. The van der Waals surface area contributed by atoms with Crippen LogP contribution in [-0.2, 0) is 11.2 Å². The number of carbonyl (C=O) groups excluding carboxylic acids is 1. The second-order valence-electron chi connectivity index (χ2n) is 4.06. The molecule has 3 heterocycles. The van der Waals surface area contributed by atoms with Crippen molar-refractivity contribution in [2.75, 3.05) is 5.32 Å². The monoisotopic (exact) mass is 289 g/mol. The zero-order valence-electron chi connectivity index (χ0n) is 10.6. The average molecular weight is 289 g/mol. The third-order valence-corrected chi connectivity index (χ3v) is 3.48. The van der Waals surface area contributed by atoms with Crippen molar-refractivity contribution in [2.45, 2.75) is 13.3 Å². The lowest BCUT2D eigenvalue weighted by Crippen LogP contribution is -2.16. The zero-order chi connectivity index (χ0) is 13.9. The number of H-pyrrole nitrogens is 1. The lowest BCUT2D eigenvalue weighted by molar-refractivity contribution is -0.115. The summed E-state index contributed by atoms with van der Waals surface area (Å²) in [6, 6.07) is 3.85. The van der Waals surface area contributed by atoms with Gasteiger partial charge in [0.1, 0.15) is 12.1 Å². The molecule has 0 fully saturated rings. The molecule has 0 atom stereocenters. The van der Waals surface area contributed by atoms with E-state index in [1.54, 1.807) is 18.3 Å². The Morgan fingerprint density at radius 1 is 1.55 bits per heavy atom. The Morgan fingerprint density at radius 3 is 3.15 bits per heavy atom. The van der Waals surface area contributed by atoms with Crippen LogP contribution in [0.3, 0.4) is 0 Å². The molecule has 7 nitrogen and oxygen atoms in total. The van der Waals surface area contributed by atoms with E-state index in [2.05, 4.69) is 25.5 Å². The number of aromatic amines is 1. The number of aryl methyl sites for hydroxylation is 1. The van der Waals surface area contributed by atoms with Gasteiger partial charge >= 0.3 is 0 Å². The number of hydrogen-bond acceptors (Lipinski definition) is 6. The van der Waals surface area contributed by atoms with Gasteiger partial charge in [-0.05, 0) is 18.4 Å². The molecule has 0 radical (unpaired) electrons. The van der Waals surface area contributed by atoms with Crippen LogP contribution in [0.25, 0.3) is 10.8 Å². The molecule has 0 saturated heterocycles. The first-order valence-electron chi connectivity index (χ1n) is 5.88. The highest BCUT2D eigenvalue weighted by molar-refractivity contribution is 7.13. The molecule has 3 rings (SSSR count). The average Bonchev–Trinajstić information content (AvgIpc) is 3.12. The van der Waals surface area contributed by atoms with Gasteiger partial charge in [0.2, 0.25) is 17.7 Å². The minimum absolute atomic E-state index is 0.126. The molecule has 1 amide bonds. The number of nitrogens with zero attached hydrogens (tertiary/aromatic N) is 3. The maximum Gasteiger partial charge on any atom is 0.236 e. The first-order chi connectivity index (χ1) is 9.72. The van der Waals surface area contributed by atoms with Gasteiger partial charge in [-0.2, -0.15) is 10.1 Å². The van der Waals surface area contributed by atoms with Gasteiger partial charge in [0.05, 0.1) is 17.0 Å². The number of aromatic nitrogens is 4. The fourth-order valence-corrected chi connectivity index (χ4v) is 2.34. The standard InChI is InChI=1S/C12H11N5O2S/c1-7-8(5-10(18)16-12-13-6-14-17-12)15-11(19-7)9-3-2-4-20-9/h2-4,6H,5H2,1H3,(H2,13,14,16,17,18). The van der Waals surface area contributed by atoms with Crippen molar-refractivity contribution < 1.29 is 9.21 Å². The summed E-state index contributed by atoms with van der Waals surface area (Å²) >= 11 is 1.54. The minimum atomic E-state index is -0.226. The molecule has 8 heteroatoms. The van der Waals surface area contributed by atoms with Crippen molar-refractivity contribution in [2.24, 2.45) is 0 Å². The molecule has 20 heavy (non-hydrogen) atoms. The number of carbonyl (C=O) groups is 1. The molecule has 0 spiro atoms. The summed E-state index contributed by atoms with van der Waals surface area (Å²) in [5, 5.41) is 10.8. The second kappa shape index (κ2) is 5.25. The molecular weight excluding hydrogens is 278 g/mol. The SMILES string of the molecule is Cc1oc(-c2cccs2)nc1CC(=O)Nc1ncn[nH]1.